The molecule has 0 amide bonds. The van der Waals surface area contributed by atoms with Crippen molar-refractivity contribution in [2.45, 2.75) is 17.3 Å². The van der Waals surface area contributed by atoms with Crippen molar-refractivity contribution in [3.63, 3.8) is 0 Å². The summed E-state index contributed by atoms with van der Waals surface area (Å²) in [6.45, 7) is -0.393. The first kappa shape index (κ1) is 24.7. The Morgan fingerprint density at radius 1 is 1.15 bits per heavy atom. The summed E-state index contributed by atoms with van der Waals surface area (Å²) in [5.74, 6) is -2.02. The van der Waals surface area contributed by atoms with Crippen molar-refractivity contribution in [1.82, 2.24) is 19.3 Å². The Morgan fingerprint density at radius 2 is 1.82 bits per heavy atom. The average Bonchev–Trinajstić information content (AvgIpc) is 3.17. The van der Waals surface area contributed by atoms with E-state index in [1.165, 1.54) is 0 Å². The van der Waals surface area contributed by atoms with Gasteiger partial charge in [0.2, 0.25) is 15.3 Å². The van der Waals surface area contributed by atoms with Gasteiger partial charge in [0.05, 0.1) is 4.90 Å². The van der Waals surface area contributed by atoms with E-state index in [-0.39, 0.29) is 40.6 Å². The molecule has 1 aromatic carbocycles. The number of benzene rings is 1. The molecule has 0 saturated carbocycles. The van der Waals surface area contributed by atoms with Crippen molar-refractivity contribution in [1.29, 1.82) is 0 Å². The maximum Gasteiger partial charge on any atom is 0.573 e. The summed E-state index contributed by atoms with van der Waals surface area (Å²) in [6.07, 6.45) is -4.94. The van der Waals surface area contributed by atoms with Gasteiger partial charge in [-0.15, -0.1) is 13.2 Å². The molecule has 1 saturated heterocycles. The molecule has 10 nitrogen and oxygen atoms in total. The highest BCUT2D eigenvalue weighted by Gasteiger charge is 2.41. The normalized spacial score (nSPS) is 17.8. The number of rotatable bonds is 5. The van der Waals surface area contributed by atoms with Gasteiger partial charge in [-0.1, -0.05) is 22.9 Å². The van der Waals surface area contributed by atoms with Gasteiger partial charge in [-0.3, -0.25) is 4.79 Å². The number of carboxylic acid groups (broad SMARTS) is 1. The maximum atomic E-state index is 13.1. The van der Waals surface area contributed by atoms with E-state index in [9.17, 15) is 31.5 Å². The van der Waals surface area contributed by atoms with Crippen molar-refractivity contribution in [3.05, 3.63) is 34.7 Å². The zero-order valence-electron chi connectivity index (χ0n) is 16.5. The van der Waals surface area contributed by atoms with E-state index in [0.29, 0.717) is 9.83 Å². The third kappa shape index (κ3) is 4.98. The monoisotopic (exact) mass is 557 g/mol. The lowest BCUT2D eigenvalue weighted by atomic mass is 10.2. The summed E-state index contributed by atoms with van der Waals surface area (Å²) in [7, 11) is -4.35. The summed E-state index contributed by atoms with van der Waals surface area (Å²) in [6, 6.07) is 2.01. The lowest BCUT2D eigenvalue weighted by Crippen LogP contribution is -2.58. The van der Waals surface area contributed by atoms with Crippen molar-refractivity contribution in [3.8, 4) is 5.75 Å². The summed E-state index contributed by atoms with van der Waals surface area (Å²) in [5, 5.41) is 10.0. The number of ether oxygens (including phenoxy) is 1. The van der Waals surface area contributed by atoms with E-state index in [0.717, 1.165) is 39.9 Å². The average molecular weight is 558 g/mol. The highest BCUT2D eigenvalue weighted by Crippen LogP contribution is 2.34. The van der Waals surface area contributed by atoms with Crippen LogP contribution in [-0.2, 0) is 14.8 Å². The van der Waals surface area contributed by atoms with Crippen LogP contribution in [0.1, 0.15) is 0 Å². The molecule has 1 aliphatic heterocycles. The third-order valence-electron chi connectivity index (χ3n) is 4.72. The van der Waals surface area contributed by atoms with Crippen LogP contribution >= 0.6 is 34.5 Å². The number of carbonyl (C=O) groups is 1. The molecule has 3 heterocycles. The lowest BCUT2D eigenvalue weighted by Gasteiger charge is -2.38. The number of fused-ring (bicyclic) bond motifs is 1. The highest BCUT2D eigenvalue weighted by molar-refractivity contribution is 7.89. The zero-order valence-corrected chi connectivity index (χ0v) is 19.7. The van der Waals surface area contributed by atoms with Crippen molar-refractivity contribution >= 4 is 66.0 Å². The second-order valence-corrected chi connectivity index (χ2v) is 10.4. The summed E-state index contributed by atoms with van der Waals surface area (Å²) in [5.41, 5.74) is 0.216. The number of anilines is 1. The van der Waals surface area contributed by atoms with E-state index in [1.54, 1.807) is 4.90 Å². The molecule has 17 heteroatoms. The molecule has 1 N–H and O–H groups in total. The fourth-order valence-electron chi connectivity index (χ4n) is 3.27. The molecule has 2 aromatic heterocycles. The number of nitrogens with zero attached hydrogens (tertiary/aromatic N) is 5. The first-order valence-electron chi connectivity index (χ1n) is 9.20. The van der Waals surface area contributed by atoms with E-state index in [1.807, 2.05) is 0 Å². The van der Waals surface area contributed by atoms with Crippen molar-refractivity contribution in [2.24, 2.45) is 0 Å². The Morgan fingerprint density at radius 3 is 2.44 bits per heavy atom. The van der Waals surface area contributed by atoms with E-state index >= 15 is 0 Å². The SMILES string of the molecule is O=C(O)[C@H]1CN(c2nc3nc(Cl)nc(Cl)c3s2)CCN1S(=O)(=O)c1ccc(OC(F)(F)F)cc1. The number of piperazine rings is 1. The summed E-state index contributed by atoms with van der Waals surface area (Å²) in [4.78, 5) is 25.2. The van der Waals surface area contributed by atoms with Gasteiger partial charge < -0.3 is 14.7 Å². The molecule has 4 rings (SSSR count). The molecular formula is C17H12Cl2F3N5O5S2. The van der Waals surface area contributed by atoms with Gasteiger partial charge >= 0.3 is 12.3 Å². The second-order valence-electron chi connectivity index (χ2n) is 6.87. The lowest BCUT2D eigenvalue weighted by molar-refractivity contribution is -0.274. The highest BCUT2D eigenvalue weighted by atomic mass is 35.5. The number of carboxylic acids is 1. The minimum Gasteiger partial charge on any atom is -0.480 e. The fraction of sp³-hybridized carbons (Fsp3) is 0.294. The van der Waals surface area contributed by atoms with Crippen LogP contribution in [0, 0.1) is 0 Å². The predicted octanol–water partition coefficient (Wildman–Crippen LogP) is 3.26. The molecule has 0 aliphatic carbocycles. The van der Waals surface area contributed by atoms with Gasteiger partial charge in [-0.2, -0.15) is 14.3 Å². The van der Waals surface area contributed by atoms with Crippen LogP contribution in [0.25, 0.3) is 10.3 Å². The van der Waals surface area contributed by atoms with Gasteiger partial charge in [-0.25, -0.2) is 13.4 Å². The number of hydrogen-bond donors (Lipinski definition) is 1. The van der Waals surface area contributed by atoms with Crippen LogP contribution in [0.4, 0.5) is 18.3 Å². The number of aromatic nitrogens is 3. The second kappa shape index (κ2) is 8.96. The smallest absolute Gasteiger partial charge is 0.480 e. The van der Waals surface area contributed by atoms with Crippen molar-refractivity contribution < 1.29 is 36.2 Å². The largest absolute Gasteiger partial charge is 0.573 e. The number of alkyl halides is 3. The van der Waals surface area contributed by atoms with Gasteiger partial charge in [-0.05, 0) is 35.9 Å². The van der Waals surface area contributed by atoms with Gasteiger partial charge in [0.1, 0.15) is 16.5 Å². The molecule has 1 fully saturated rings. The topological polar surface area (TPSA) is 126 Å². The number of hydrogen-bond acceptors (Lipinski definition) is 9. The molecule has 3 aromatic rings. The third-order valence-corrected chi connectivity index (χ3v) is 8.31. The number of thiazole rings is 1. The first-order valence-corrected chi connectivity index (χ1v) is 12.2. The van der Waals surface area contributed by atoms with Crippen LogP contribution < -0.4 is 9.64 Å². The number of sulfonamides is 1. The minimum atomic E-state index is -4.94. The molecule has 0 spiro atoms. The van der Waals surface area contributed by atoms with Crippen LogP contribution in [0.15, 0.2) is 29.2 Å². The quantitative estimate of drug-likeness (QED) is 0.371. The molecule has 182 valence electrons. The molecular weight excluding hydrogens is 546 g/mol. The van der Waals surface area contributed by atoms with Crippen LogP contribution in [0.3, 0.4) is 0 Å². The van der Waals surface area contributed by atoms with E-state index < -0.39 is 34.1 Å². The predicted molar refractivity (Wildman–Crippen MR) is 116 cm³/mol. The van der Waals surface area contributed by atoms with Crippen LogP contribution in [-0.4, -0.2) is 70.8 Å². The van der Waals surface area contributed by atoms with Gasteiger partial charge in [0.15, 0.2) is 15.9 Å². The van der Waals surface area contributed by atoms with E-state index in [4.69, 9.17) is 23.2 Å². The summed E-state index contributed by atoms with van der Waals surface area (Å²) < 4.78 is 68.2. The number of halogens is 5. The van der Waals surface area contributed by atoms with Crippen LogP contribution in [0.2, 0.25) is 10.4 Å². The molecule has 0 unspecified atom stereocenters. The Labute approximate surface area is 203 Å². The Kier molecular flexibility index (Phi) is 6.50. The Bertz CT molecular complexity index is 1350. The van der Waals surface area contributed by atoms with E-state index in [2.05, 4.69) is 19.7 Å². The molecule has 0 bridgehead atoms. The number of aliphatic carboxylic acids is 1. The molecule has 0 radical (unpaired) electrons. The fourth-order valence-corrected chi connectivity index (χ4v) is 6.24. The molecule has 1 atom stereocenters. The zero-order chi connectivity index (χ0) is 24.8. The van der Waals surface area contributed by atoms with Gasteiger partial charge in [0.25, 0.3) is 0 Å². The van der Waals surface area contributed by atoms with Crippen molar-refractivity contribution in [2.75, 3.05) is 24.5 Å². The standard InChI is InChI=1S/C17H12Cl2F3N5O5S2/c18-12-11-13(24-15(19)23-12)25-16(33-11)26-5-6-27(10(7-26)14(28)29)34(30,31)9-3-1-8(2-4-9)32-17(20,21)22/h1-4,10H,5-7H2,(H,28,29)/t10-/m1/s1. The molecule has 34 heavy (non-hydrogen) atoms. The first-order chi connectivity index (χ1) is 15.8. The maximum absolute atomic E-state index is 13.1. The van der Waals surface area contributed by atoms with Gasteiger partial charge in [0, 0.05) is 19.6 Å². The Hall–Kier alpha value is -2.46. The summed E-state index contributed by atoms with van der Waals surface area (Å²) >= 11 is 12.9. The Balaban J connectivity index is 1.59. The molecule has 1 aliphatic rings. The van der Waals surface area contributed by atoms with Crippen LogP contribution in [0.5, 0.6) is 5.75 Å². The minimum absolute atomic E-state index is 0.0766.